The molecule has 2 aromatic carbocycles. The quantitative estimate of drug-likeness (QED) is 0.502. The molecule has 0 saturated carbocycles. The molecule has 3 aromatic heterocycles. The average Bonchev–Trinajstić information content (AvgIpc) is 3.27. The van der Waals surface area contributed by atoms with Crippen LogP contribution >= 0.6 is 0 Å². The lowest BCUT2D eigenvalue weighted by Gasteiger charge is -2.01. The fourth-order valence-corrected chi connectivity index (χ4v) is 2.90. The first-order valence-corrected chi connectivity index (χ1v) is 7.60. The Labute approximate surface area is 137 Å². The van der Waals surface area contributed by atoms with Crippen LogP contribution in [0.5, 0.6) is 0 Å². The fraction of sp³-hybridized carbons (Fsp3) is 0. The predicted octanol–water partition coefficient (Wildman–Crippen LogP) is 3.13. The highest BCUT2D eigenvalue weighted by Gasteiger charge is 2.18. The van der Waals surface area contributed by atoms with E-state index in [2.05, 4.69) is 15.1 Å². The van der Waals surface area contributed by atoms with Crippen LogP contribution in [0.15, 0.2) is 73.3 Å². The molecular formula is C18H12N6. The molecule has 0 amide bonds. The van der Waals surface area contributed by atoms with E-state index >= 15 is 0 Å². The Morgan fingerprint density at radius 1 is 0.750 bits per heavy atom. The molecule has 0 fully saturated rings. The van der Waals surface area contributed by atoms with Gasteiger partial charge in [-0.25, -0.2) is 19.2 Å². The van der Waals surface area contributed by atoms with E-state index in [4.69, 9.17) is 5.10 Å². The highest BCUT2D eigenvalue weighted by Crippen LogP contribution is 2.30. The highest BCUT2D eigenvalue weighted by atomic mass is 15.3. The van der Waals surface area contributed by atoms with Gasteiger partial charge in [-0.05, 0) is 12.1 Å². The van der Waals surface area contributed by atoms with Crippen molar-refractivity contribution in [1.29, 1.82) is 0 Å². The summed E-state index contributed by atoms with van der Waals surface area (Å²) in [6, 6.07) is 20.0. The van der Waals surface area contributed by atoms with Crippen LogP contribution in [0.1, 0.15) is 0 Å². The minimum absolute atomic E-state index is 0.751. The van der Waals surface area contributed by atoms with Gasteiger partial charge < -0.3 is 0 Å². The normalized spacial score (nSPS) is 11.3. The number of aromatic nitrogens is 6. The topological polar surface area (TPSA) is 60.9 Å². The summed E-state index contributed by atoms with van der Waals surface area (Å²) in [5.41, 5.74) is 4.35. The van der Waals surface area contributed by atoms with E-state index < -0.39 is 0 Å². The smallest absolute Gasteiger partial charge is 0.170 e. The molecule has 0 bridgehead atoms. The van der Waals surface area contributed by atoms with E-state index in [1.165, 1.54) is 6.33 Å². The molecule has 5 rings (SSSR count). The molecule has 3 heterocycles. The number of hydrogen-bond donors (Lipinski definition) is 0. The van der Waals surface area contributed by atoms with Crippen LogP contribution in [0.3, 0.4) is 0 Å². The number of fused-ring (bicyclic) bond motifs is 3. The van der Waals surface area contributed by atoms with Gasteiger partial charge in [0.05, 0.1) is 11.1 Å². The zero-order chi connectivity index (χ0) is 15.9. The summed E-state index contributed by atoms with van der Waals surface area (Å²) < 4.78 is 3.53. The number of para-hydroxylation sites is 1. The van der Waals surface area contributed by atoms with Crippen LogP contribution in [0.25, 0.3) is 33.6 Å². The molecule has 6 nitrogen and oxygen atoms in total. The molecule has 5 aromatic rings. The van der Waals surface area contributed by atoms with Crippen LogP contribution in [0.2, 0.25) is 0 Å². The van der Waals surface area contributed by atoms with Gasteiger partial charge >= 0.3 is 0 Å². The van der Waals surface area contributed by atoms with Crippen LogP contribution in [0, 0.1) is 0 Å². The van der Waals surface area contributed by atoms with E-state index in [1.807, 2.05) is 65.3 Å². The summed E-state index contributed by atoms with van der Waals surface area (Å²) in [5, 5.41) is 9.92. The second kappa shape index (κ2) is 4.99. The first kappa shape index (κ1) is 13.0. The van der Waals surface area contributed by atoms with Gasteiger partial charge in [0, 0.05) is 5.56 Å². The fourth-order valence-electron chi connectivity index (χ4n) is 2.90. The zero-order valence-electron chi connectivity index (χ0n) is 12.6. The van der Waals surface area contributed by atoms with Gasteiger partial charge in [-0.2, -0.15) is 10.2 Å². The number of nitrogens with zero attached hydrogens (tertiary/aromatic N) is 6. The van der Waals surface area contributed by atoms with Crippen molar-refractivity contribution in [1.82, 2.24) is 29.4 Å². The van der Waals surface area contributed by atoms with Crippen molar-refractivity contribution in [2.24, 2.45) is 0 Å². The van der Waals surface area contributed by atoms with Crippen molar-refractivity contribution >= 4 is 16.7 Å². The molecule has 0 aliphatic carbocycles. The summed E-state index contributed by atoms with van der Waals surface area (Å²) in [6.07, 6.45) is 3.20. The predicted molar refractivity (Wildman–Crippen MR) is 90.8 cm³/mol. The second-order valence-electron chi connectivity index (χ2n) is 5.43. The van der Waals surface area contributed by atoms with Crippen molar-refractivity contribution in [3.8, 4) is 16.9 Å². The van der Waals surface area contributed by atoms with E-state index in [-0.39, 0.29) is 0 Å². The Morgan fingerprint density at radius 3 is 2.29 bits per heavy atom. The third kappa shape index (κ3) is 1.83. The highest BCUT2D eigenvalue weighted by molar-refractivity contribution is 6.01. The standard InChI is InChI=1S/C18H12N6/c1-3-7-13(8-4-1)16-15-17-19-11-21-23(17)12-20-18(15)24(22-16)14-9-5-2-6-10-14/h1-12H. The molecule has 24 heavy (non-hydrogen) atoms. The van der Waals surface area contributed by atoms with Crippen LogP contribution < -0.4 is 0 Å². The molecule has 0 radical (unpaired) electrons. The first-order chi connectivity index (χ1) is 11.9. The second-order valence-corrected chi connectivity index (χ2v) is 5.43. The number of benzene rings is 2. The summed E-state index contributed by atoms with van der Waals surface area (Å²) in [7, 11) is 0. The Balaban J connectivity index is 1.93. The van der Waals surface area contributed by atoms with Crippen molar-refractivity contribution in [2.75, 3.05) is 0 Å². The van der Waals surface area contributed by atoms with Gasteiger partial charge in [0.2, 0.25) is 0 Å². The van der Waals surface area contributed by atoms with Crippen LogP contribution in [-0.2, 0) is 0 Å². The lowest BCUT2D eigenvalue weighted by Crippen LogP contribution is -1.98. The molecule has 0 saturated heterocycles. The van der Waals surface area contributed by atoms with E-state index in [0.29, 0.717) is 0 Å². The van der Waals surface area contributed by atoms with Gasteiger partial charge in [0.1, 0.15) is 18.3 Å². The molecule has 0 unspecified atom stereocenters. The van der Waals surface area contributed by atoms with Gasteiger partial charge in [-0.15, -0.1) is 0 Å². The van der Waals surface area contributed by atoms with Gasteiger partial charge in [-0.1, -0.05) is 48.5 Å². The summed E-state index contributed by atoms with van der Waals surface area (Å²) in [4.78, 5) is 8.96. The average molecular weight is 312 g/mol. The zero-order valence-corrected chi connectivity index (χ0v) is 12.6. The van der Waals surface area contributed by atoms with Crippen molar-refractivity contribution in [3.05, 3.63) is 73.3 Å². The summed E-state index contributed by atoms with van der Waals surface area (Å²) in [5.74, 6) is 0. The van der Waals surface area contributed by atoms with Crippen molar-refractivity contribution in [2.45, 2.75) is 0 Å². The van der Waals surface area contributed by atoms with E-state index in [1.54, 1.807) is 10.8 Å². The number of hydrogen-bond acceptors (Lipinski definition) is 4. The van der Waals surface area contributed by atoms with Crippen molar-refractivity contribution < 1.29 is 0 Å². The molecule has 0 spiro atoms. The SMILES string of the molecule is c1ccc(-c2nn(-c3ccccc3)c3ncn4ncnc4c23)cc1. The molecule has 0 atom stereocenters. The monoisotopic (exact) mass is 312 g/mol. The molecule has 0 N–H and O–H groups in total. The number of rotatable bonds is 2. The van der Waals surface area contributed by atoms with Gasteiger partial charge in [0.25, 0.3) is 0 Å². The largest absolute Gasteiger partial charge is 0.216 e. The van der Waals surface area contributed by atoms with Gasteiger partial charge in [-0.3, -0.25) is 0 Å². The molecule has 0 aliphatic rings. The first-order valence-electron chi connectivity index (χ1n) is 7.60. The lowest BCUT2D eigenvalue weighted by atomic mass is 10.1. The Morgan fingerprint density at radius 2 is 1.50 bits per heavy atom. The van der Waals surface area contributed by atoms with Gasteiger partial charge in [0.15, 0.2) is 11.3 Å². The van der Waals surface area contributed by atoms with E-state index in [0.717, 1.165) is 33.6 Å². The van der Waals surface area contributed by atoms with E-state index in [9.17, 15) is 0 Å². The third-order valence-corrected chi connectivity index (χ3v) is 4.00. The Kier molecular flexibility index (Phi) is 2.69. The maximum atomic E-state index is 4.83. The molecular weight excluding hydrogens is 300 g/mol. The Bertz CT molecular complexity index is 1140. The summed E-state index contributed by atoms with van der Waals surface area (Å²) in [6.45, 7) is 0. The van der Waals surface area contributed by atoms with Crippen molar-refractivity contribution in [3.63, 3.8) is 0 Å². The summed E-state index contributed by atoms with van der Waals surface area (Å²) >= 11 is 0. The maximum absolute atomic E-state index is 4.83. The third-order valence-electron chi connectivity index (χ3n) is 4.00. The molecule has 0 aliphatic heterocycles. The minimum atomic E-state index is 0.751. The lowest BCUT2D eigenvalue weighted by molar-refractivity contribution is 0.884. The molecule has 6 heteroatoms. The maximum Gasteiger partial charge on any atom is 0.170 e. The minimum Gasteiger partial charge on any atom is -0.216 e. The molecule has 114 valence electrons. The Hall–Kier alpha value is -3.54. The van der Waals surface area contributed by atoms with Crippen LogP contribution in [-0.4, -0.2) is 29.4 Å². The van der Waals surface area contributed by atoms with Crippen LogP contribution in [0.4, 0.5) is 0 Å².